The fourth-order valence-corrected chi connectivity index (χ4v) is 2.88. The standard InChI is InChI=1S/C24H25NO4/c1-18-22(25-24(29-18)20-9-4-3-5-10-20)16-17-28-21-14-12-19(13-15-21)8-6-7-11-23(26)27-2/h3-5,7,9-15H,6,8,16-17H2,1-2H3/b11-7-. The zero-order valence-corrected chi connectivity index (χ0v) is 16.8. The first kappa shape index (κ1) is 20.4. The maximum Gasteiger partial charge on any atom is 0.330 e. The van der Waals surface area contributed by atoms with Crippen LogP contribution in [0.5, 0.6) is 5.75 Å². The van der Waals surface area contributed by atoms with Gasteiger partial charge in [0.15, 0.2) is 0 Å². The molecule has 0 radical (unpaired) electrons. The lowest BCUT2D eigenvalue weighted by atomic mass is 10.1. The Morgan fingerprint density at radius 2 is 1.83 bits per heavy atom. The number of hydrogen-bond acceptors (Lipinski definition) is 5. The number of nitrogens with zero attached hydrogens (tertiary/aromatic N) is 1. The largest absolute Gasteiger partial charge is 0.493 e. The van der Waals surface area contributed by atoms with Crippen LogP contribution in [0.1, 0.15) is 23.4 Å². The van der Waals surface area contributed by atoms with Crippen LogP contribution in [0.2, 0.25) is 0 Å². The van der Waals surface area contributed by atoms with Gasteiger partial charge in [0, 0.05) is 18.1 Å². The van der Waals surface area contributed by atoms with Crippen molar-refractivity contribution in [1.82, 2.24) is 4.98 Å². The summed E-state index contributed by atoms with van der Waals surface area (Å²) in [7, 11) is 1.37. The topological polar surface area (TPSA) is 61.6 Å². The first-order valence-electron chi connectivity index (χ1n) is 9.63. The molecule has 0 atom stereocenters. The summed E-state index contributed by atoms with van der Waals surface area (Å²) in [6, 6.07) is 17.9. The molecule has 0 unspecified atom stereocenters. The summed E-state index contributed by atoms with van der Waals surface area (Å²) < 4.78 is 16.2. The van der Waals surface area contributed by atoms with Crippen LogP contribution in [0, 0.1) is 6.92 Å². The van der Waals surface area contributed by atoms with E-state index in [4.69, 9.17) is 9.15 Å². The molecule has 0 aliphatic carbocycles. The molecule has 5 heteroatoms. The van der Waals surface area contributed by atoms with Gasteiger partial charge in [0.1, 0.15) is 11.5 Å². The molecule has 1 aromatic heterocycles. The summed E-state index contributed by atoms with van der Waals surface area (Å²) in [4.78, 5) is 15.6. The van der Waals surface area contributed by atoms with Gasteiger partial charge in [-0.25, -0.2) is 9.78 Å². The lowest BCUT2D eigenvalue weighted by Gasteiger charge is -2.06. The van der Waals surface area contributed by atoms with Crippen LogP contribution in [0.4, 0.5) is 0 Å². The van der Waals surface area contributed by atoms with Crippen molar-refractivity contribution >= 4 is 5.97 Å². The predicted molar refractivity (Wildman–Crippen MR) is 112 cm³/mol. The van der Waals surface area contributed by atoms with E-state index in [0.29, 0.717) is 18.9 Å². The minimum atomic E-state index is -0.327. The molecule has 3 aromatic rings. The molecule has 0 fully saturated rings. The number of methoxy groups -OCH3 is 1. The Kier molecular flexibility index (Phi) is 7.22. The van der Waals surface area contributed by atoms with E-state index in [2.05, 4.69) is 9.72 Å². The number of aromatic nitrogens is 1. The highest BCUT2D eigenvalue weighted by molar-refractivity contribution is 5.81. The molecule has 0 spiro atoms. The number of ether oxygens (including phenoxy) is 2. The molecule has 0 bridgehead atoms. The van der Waals surface area contributed by atoms with Gasteiger partial charge in [-0.15, -0.1) is 0 Å². The van der Waals surface area contributed by atoms with E-state index in [0.717, 1.165) is 35.6 Å². The first-order chi connectivity index (χ1) is 14.2. The van der Waals surface area contributed by atoms with Gasteiger partial charge in [-0.3, -0.25) is 0 Å². The number of allylic oxidation sites excluding steroid dienone is 1. The average Bonchev–Trinajstić information content (AvgIpc) is 3.13. The fraction of sp³-hybridized carbons (Fsp3) is 0.250. The third kappa shape index (κ3) is 6.07. The average molecular weight is 391 g/mol. The minimum absolute atomic E-state index is 0.327. The van der Waals surface area contributed by atoms with Crippen LogP contribution in [-0.2, 0) is 22.4 Å². The fourth-order valence-electron chi connectivity index (χ4n) is 2.88. The van der Waals surface area contributed by atoms with E-state index in [-0.39, 0.29) is 5.97 Å². The van der Waals surface area contributed by atoms with Crippen molar-refractivity contribution in [3.63, 3.8) is 0 Å². The molecule has 0 amide bonds. The molecule has 2 aromatic carbocycles. The number of carbonyl (C=O) groups excluding carboxylic acids is 1. The second-order valence-electron chi connectivity index (χ2n) is 6.59. The number of oxazole rings is 1. The Morgan fingerprint density at radius 3 is 2.55 bits per heavy atom. The van der Waals surface area contributed by atoms with E-state index in [9.17, 15) is 4.79 Å². The molecule has 29 heavy (non-hydrogen) atoms. The smallest absolute Gasteiger partial charge is 0.330 e. The summed E-state index contributed by atoms with van der Waals surface area (Å²) in [5.41, 5.74) is 3.07. The number of benzene rings is 2. The molecule has 0 aliphatic heterocycles. The van der Waals surface area contributed by atoms with Gasteiger partial charge >= 0.3 is 5.97 Å². The lowest BCUT2D eigenvalue weighted by molar-refractivity contribution is -0.134. The Bertz CT molecular complexity index is 943. The van der Waals surface area contributed by atoms with Crippen molar-refractivity contribution in [3.05, 3.63) is 83.8 Å². The molecule has 0 aliphatic rings. The number of carbonyl (C=O) groups is 1. The number of hydrogen-bond donors (Lipinski definition) is 0. The normalized spacial score (nSPS) is 11.0. The third-order valence-electron chi connectivity index (χ3n) is 4.50. The Balaban J connectivity index is 1.47. The van der Waals surface area contributed by atoms with E-state index >= 15 is 0 Å². The van der Waals surface area contributed by atoms with Crippen molar-refractivity contribution in [2.24, 2.45) is 0 Å². The Morgan fingerprint density at radius 1 is 1.07 bits per heavy atom. The SMILES string of the molecule is COC(=O)/C=C\CCc1ccc(OCCc2nc(-c3ccccc3)oc2C)cc1. The second kappa shape index (κ2) is 10.3. The first-order valence-corrected chi connectivity index (χ1v) is 9.63. The van der Waals surface area contributed by atoms with Crippen molar-refractivity contribution in [2.45, 2.75) is 26.2 Å². The van der Waals surface area contributed by atoms with Gasteiger partial charge in [-0.1, -0.05) is 36.4 Å². The molecule has 5 nitrogen and oxygen atoms in total. The molecular formula is C24H25NO4. The minimum Gasteiger partial charge on any atom is -0.493 e. The third-order valence-corrected chi connectivity index (χ3v) is 4.50. The van der Waals surface area contributed by atoms with Gasteiger partial charge in [-0.05, 0) is 49.6 Å². The van der Waals surface area contributed by atoms with Gasteiger partial charge in [-0.2, -0.15) is 0 Å². The van der Waals surface area contributed by atoms with Crippen molar-refractivity contribution in [2.75, 3.05) is 13.7 Å². The molecule has 3 rings (SSSR count). The van der Waals surface area contributed by atoms with Crippen LogP contribution in [-0.4, -0.2) is 24.7 Å². The van der Waals surface area contributed by atoms with Crippen LogP contribution in [0.3, 0.4) is 0 Å². The van der Waals surface area contributed by atoms with E-state index in [1.165, 1.54) is 18.7 Å². The van der Waals surface area contributed by atoms with Crippen LogP contribution in [0.15, 0.2) is 71.2 Å². The molecule has 150 valence electrons. The summed E-state index contributed by atoms with van der Waals surface area (Å²) in [6.45, 7) is 2.46. The number of esters is 1. The lowest BCUT2D eigenvalue weighted by Crippen LogP contribution is -2.02. The van der Waals surface area contributed by atoms with Gasteiger partial charge in [0.05, 0.1) is 19.4 Å². The predicted octanol–water partition coefficient (Wildman–Crippen LogP) is 4.93. The van der Waals surface area contributed by atoms with Gasteiger partial charge < -0.3 is 13.9 Å². The van der Waals surface area contributed by atoms with Crippen LogP contribution < -0.4 is 4.74 Å². The highest BCUT2D eigenvalue weighted by Crippen LogP contribution is 2.22. The Labute approximate surface area is 171 Å². The van der Waals surface area contributed by atoms with Crippen LogP contribution in [0.25, 0.3) is 11.5 Å². The molecular weight excluding hydrogens is 366 g/mol. The van der Waals surface area contributed by atoms with Crippen molar-refractivity contribution in [1.29, 1.82) is 0 Å². The van der Waals surface area contributed by atoms with Gasteiger partial charge in [0.25, 0.3) is 0 Å². The summed E-state index contributed by atoms with van der Waals surface area (Å²) in [5, 5.41) is 0. The van der Waals surface area contributed by atoms with Crippen molar-refractivity contribution in [3.8, 4) is 17.2 Å². The molecule has 0 saturated carbocycles. The number of rotatable bonds is 9. The van der Waals surface area contributed by atoms with Crippen molar-refractivity contribution < 1.29 is 18.7 Å². The summed E-state index contributed by atoms with van der Waals surface area (Å²) in [5.74, 6) is 1.96. The Hall–Kier alpha value is -3.34. The molecule has 0 saturated heterocycles. The van der Waals surface area contributed by atoms with Crippen LogP contribution >= 0.6 is 0 Å². The quantitative estimate of drug-likeness (QED) is 0.382. The molecule has 1 heterocycles. The second-order valence-corrected chi connectivity index (χ2v) is 6.59. The summed E-state index contributed by atoms with van der Waals surface area (Å²) >= 11 is 0. The highest BCUT2D eigenvalue weighted by Gasteiger charge is 2.11. The molecule has 0 N–H and O–H groups in total. The summed E-state index contributed by atoms with van der Waals surface area (Å²) in [6.07, 6.45) is 5.59. The number of aryl methyl sites for hydroxylation is 2. The monoisotopic (exact) mass is 391 g/mol. The zero-order chi connectivity index (χ0) is 20.5. The van der Waals surface area contributed by atoms with E-state index in [1.54, 1.807) is 0 Å². The maximum absolute atomic E-state index is 11.0. The van der Waals surface area contributed by atoms with E-state index < -0.39 is 0 Å². The maximum atomic E-state index is 11.0. The van der Waals surface area contributed by atoms with Gasteiger partial charge in [0.2, 0.25) is 5.89 Å². The highest BCUT2D eigenvalue weighted by atomic mass is 16.5. The zero-order valence-electron chi connectivity index (χ0n) is 16.8. The van der Waals surface area contributed by atoms with E-state index in [1.807, 2.05) is 67.6 Å².